The summed E-state index contributed by atoms with van der Waals surface area (Å²) in [5, 5.41) is 0. The van der Waals surface area contributed by atoms with Gasteiger partial charge in [0.25, 0.3) is 0 Å². The summed E-state index contributed by atoms with van der Waals surface area (Å²) in [6, 6.07) is 0. The average Bonchev–Trinajstić information content (AvgIpc) is 3.34. The summed E-state index contributed by atoms with van der Waals surface area (Å²) >= 11 is 0. The first kappa shape index (κ1) is 16.2. The van der Waals surface area contributed by atoms with Gasteiger partial charge < -0.3 is 37.9 Å². The number of hydrogen-bond donors (Lipinski definition) is 0. The first-order valence-corrected chi connectivity index (χ1v) is 8.19. The summed E-state index contributed by atoms with van der Waals surface area (Å²) < 4.78 is 44.1. The molecule has 8 nitrogen and oxygen atoms in total. The largest absolute Gasteiger partial charge is 0.375 e. The predicted molar refractivity (Wildman–Crippen MR) is 75.2 cm³/mol. The van der Waals surface area contributed by atoms with Crippen LogP contribution in [0, 0.1) is 0 Å². The van der Waals surface area contributed by atoms with Crippen LogP contribution >= 0.6 is 0 Å². The average molecular weight is 332 g/mol. The molecule has 4 heterocycles. The molecule has 4 aliphatic heterocycles. The van der Waals surface area contributed by atoms with E-state index in [0.29, 0.717) is 46.2 Å². The first-order valence-electron chi connectivity index (χ1n) is 8.19. The van der Waals surface area contributed by atoms with Crippen LogP contribution in [0.25, 0.3) is 0 Å². The fraction of sp³-hybridized carbons (Fsp3) is 1.00. The normalized spacial score (nSPS) is 36.5. The highest BCUT2D eigenvalue weighted by Gasteiger charge is 2.39. The Kier molecular flexibility index (Phi) is 5.12. The minimum Gasteiger partial charge on any atom is -0.375 e. The van der Waals surface area contributed by atoms with Crippen LogP contribution in [0.4, 0.5) is 0 Å². The van der Waals surface area contributed by atoms with Crippen molar-refractivity contribution in [3.8, 4) is 0 Å². The van der Waals surface area contributed by atoms with Crippen molar-refractivity contribution in [1.82, 2.24) is 0 Å². The lowest BCUT2D eigenvalue weighted by Crippen LogP contribution is -2.48. The van der Waals surface area contributed by atoms with E-state index < -0.39 is 5.60 Å². The molecule has 4 rings (SSSR count). The van der Waals surface area contributed by atoms with Crippen molar-refractivity contribution in [2.75, 3.05) is 66.1 Å². The maximum atomic E-state index is 6.10. The molecular formula is C15H24O8. The summed E-state index contributed by atoms with van der Waals surface area (Å²) in [6.07, 6.45) is 0.472. The van der Waals surface area contributed by atoms with Crippen molar-refractivity contribution < 1.29 is 37.9 Å². The van der Waals surface area contributed by atoms with Gasteiger partial charge in [0.2, 0.25) is 0 Å². The fourth-order valence-electron chi connectivity index (χ4n) is 2.15. The zero-order valence-electron chi connectivity index (χ0n) is 13.1. The zero-order chi connectivity index (χ0) is 15.5. The van der Waals surface area contributed by atoms with Crippen LogP contribution in [0.1, 0.15) is 0 Å². The number of rotatable bonds is 14. The molecular weight excluding hydrogens is 308 g/mol. The van der Waals surface area contributed by atoms with Crippen LogP contribution in [0.15, 0.2) is 0 Å². The minimum atomic E-state index is -0.665. The van der Waals surface area contributed by atoms with Crippen LogP contribution in [0.2, 0.25) is 0 Å². The Morgan fingerprint density at radius 3 is 1.70 bits per heavy atom. The van der Waals surface area contributed by atoms with Crippen LogP contribution < -0.4 is 0 Å². The number of hydrogen-bond acceptors (Lipinski definition) is 8. The lowest BCUT2D eigenvalue weighted by atomic mass is 10.1. The molecule has 0 radical (unpaired) electrons. The van der Waals surface area contributed by atoms with Gasteiger partial charge in [0.05, 0.1) is 59.5 Å². The predicted octanol–water partition coefficient (Wildman–Crippen LogP) is -0.656. The maximum absolute atomic E-state index is 6.10. The third-order valence-corrected chi connectivity index (χ3v) is 3.96. The molecule has 0 aromatic rings. The van der Waals surface area contributed by atoms with E-state index >= 15 is 0 Å². The monoisotopic (exact) mass is 332 g/mol. The SMILES string of the molecule is C(OCC(COCC1CO1)(COC1CO1)OCC1CO1)C1CO1. The molecule has 23 heavy (non-hydrogen) atoms. The van der Waals surface area contributed by atoms with Gasteiger partial charge in [-0.15, -0.1) is 0 Å². The zero-order valence-corrected chi connectivity index (χ0v) is 13.1. The van der Waals surface area contributed by atoms with Gasteiger partial charge in [-0.3, -0.25) is 0 Å². The Morgan fingerprint density at radius 2 is 1.22 bits per heavy atom. The highest BCUT2D eigenvalue weighted by molar-refractivity contribution is 4.85. The molecule has 0 bridgehead atoms. The van der Waals surface area contributed by atoms with E-state index in [4.69, 9.17) is 37.9 Å². The van der Waals surface area contributed by atoms with Crippen molar-refractivity contribution in [3.63, 3.8) is 0 Å². The highest BCUT2D eigenvalue weighted by atomic mass is 16.8. The molecule has 4 fully saturated rings. The van der Waals surface area contributed by atoms with Gasteiger partial charge in [0, 0.05) is 0 Å². The van der Waals surface area contributed by atoms with E-state index in [0.717, 1.165) is 19.8 Å². The summed E-state index contributed by atoms with van der Waals surface area (Å²) in [5.74, 6) is 0. The fourth-order valence-corrected chi connectivity index (χ4v) is 2.15. The Balaban J connectivity index is 1.29. The van der Waals surface area contributed by atoms with E-state index in [9.17, 15) is 0 Å². The van der Waals surface area contributed by atoms with Crippen LogP contribution in [0.3, 0.4) is 0 Å². The van der Waals surface area contributed by atoms with Crippen molar-refractivity contribution in [2.45, 2.75) is 30.2 Å². The molecule has 4 atom stereocenters. The Bertz CT molecular complexity index is 340. The van der Waals surface area contributed by atoms with Gasteiger partial charge in [-0.1, -0.05) is 0 Å². The molecule has 4 saturated heterocycles. The third-order valence-electron chi connectivity index (χ3n) is 3.96. The number of epoxide rings is 4. The molecule has 0 N–H and O–H groups in total. The van der Waals surface area contributed by atoms with E-state index in [2.05, 4.69) is 0 Å². The second kappa shape index (κ2) is 7.28. The van der Waals surface area contributed by atoms with Gasteiger partial charge in [-0.25, -0.2) is 0 Å². The lowest BCUT2D eigenvalue weighted by molar-refractivity contribution is -0.177. The first-order chi connectivity index (χ1) is 11.3. The van der Waals surface area contributed by atoms with E-state index in [-0.39, 0.29) is 24.6 Å². The van der Waals surface area contributed by atoms with Crippen molar-refractivity contribution >= 4 is 0 Å². The number of ether oxygens (including phenoxy) is 8. The third kappa shape index (κ3) is 5.91. The highest BCUT2D eigenvalue weighted by Crippen LogP contribution is 2.23. The van der Waals surface area contributed by atoms with Gasteiger partial charge in [0.1, 0.15) is 30.5 Å². The molecule has 4 aliphatic rings. The molecule has 0 aromatic heterocycles. The Labute approximate surface area is 135 Å². The molecule has 0 spiro atoms. The van der Waals surface area contributed by atoms with Gasteiger partial charge in [-0.05, 0) is 0 Å². The van der Waals surface area contributed by atoms with Gasteiger partial charge in [0.15, 0.2) is 6.29 Å². The topological polar surface area (TPSA) is 87.0 Å². The molecule has 8 heteroatoms. The quantitative estimate of drug-likeness (QED) is 0.388. The second-order valence-corrected chi connectivity index (χ2v) is 6.46. The molecule has 132 valence electrons. The summed E-state index contributed by atoms with van der Waals surface area (Å²) in [6.45, 7) is 5.70. The Morgan fingerprint density at radius 1 is 0.696 bits per heavy atom. The van der Waals surface area contributed by atoms with E-state index in [1.54, 1.807) is 0 Å². The summed E-state index contributed by atoms with van der Waals surface area (Å²) in [5.41, 5.74) is -0.665. The minimum absolute atomic E-state index is 0.131. The Hall–Kier alpha value is -0.320. The van der Waals surface area contributed by atoms with Gasteiger partial charge >= 0.3 is 0 Å². The lowest BCUT2D eigenvalue weighted by Gasteiger charge is -2.33. The molecule has 0 aliphatic carbocycles. The second-order valence-electron chi connectivity index (χ2n) is 6.46. The van der Waals surface area contributed by atoms with E-state index in [1.165, 1.54) is 0 Å². The maximum Gasteiger partial charge on any atom is 0.181 e. The summed E-state index contributed by atoms with van der Waals surface area (Å²) in [4.78, 5) is 0. The standard InChI is InChI=1S/C15H24O8/c1(11-3-18-11)16-8-15(10-22-14-7-21-14,23-6-13-5-20-13)9-17-2-12-4-19-12/h11-14H,1-10H2. The van der Waals surface area contributed by atoms with Crippen molar-refractivity contribution in [3.05, 3.63) is 0 Å². The smallest absolute Gasteiger partial charge is 0.181 e. The van der Waals surface area contributed by atoms with Crippen LogP contribution in [-0.2, 0) is 37.9 Å². The van der Waals surface area contributed by atoms with Crippen LogP contribution in [0.5, 0.6) is 0 Å². The summed E-state index contributed by atoms with van der Waals surface area (Å²) in [7, 11) is 0. The van der Waals surface area contributed by atoms with Crippen LogP contribution in [-0.4, -0.2) is 96.3 Å². The van der Waals surface area contributed by atoms with Gasteiger partial charge in [-0.2, -0.15) is 0 Å². The molecule has 0 amide bonds. The molecule has 0 aromatic carbocycles. The van der Waals surface area contributed by atoms with E-state index in [1.807, 2.05) is 0 Å². The van der Waals surface area contributed by atoms with Crippen molar-refractivity contribution in [1.29, 1.82) is 0 Å². The van der Waals surface area contributed by atoms with Crippen molar-refractivity contribution in [2.24, 2.45) is 0 Å². The molecule has 4 unspecified atom stereocenters. The molecule has 0 saturated carbocycles.